The van der Waals surface area contributed by atoms with Crippen molar-refractivity contribution in [1.29, 1.82) is 0 Å². The predicted molar refractivity (Wildman–Crippen MR) is 86.3 cm³/mol. The van der Waals surface area contributed by atoms with E-state index < -0.39 is 0 Å². The van der Waals surface area contributed by atoms with Gasteiger partial charge in [-0.25, -0.2) is 4.98 Å². The maximum Gasteiger partial charge on any atom is 0.272 e. The van der Waals surface area contributed by atoms with Gasteiger partial charge < -0.3 is 10.6 Å². The van der Waals surface area contributed by atoms with Crippen LogP contribution in [0.15, 0.2) is 48.7 Å². The van der Waals surface area contributed by atoms with Gasteiger partial charge in [0.05, 0.1) is 11.9 Å². The molecule has 1 aromatic carbocycles. The Kier molecular flexibility index (Phi) is 4.34. The van der Waals surface area contributed by atoms with Gasteiger partial charge in [0.2, 0.25) is 0 Å². The zero-order valence-corrected chi connectivity index (χ0v) is 12.5. The normalized spacial score (nSPS) is 15.7. The van der Waals surface area contributed by atoms with Gasteiger partial charge in [-0.15, -0.1) is 0 Å². The Morgan fingerprint density at radius 2 is 1.77 bits per heavy atom. The van der Waals surface area contributed by atoms with Crippen LogP contribution in [0.2, 0.25) is 0 Å². The van der Waals surface area contributed by atoms with Gasteiger partial charge in [0, 0.05) is 32.7 Å². The lowest BCUT2D eigenvalue weighted by molar-refractivity contribution is 0.0623. The van der Waals surface area contributed by atoms with Crippen molar-refractivity contribution in [3.05, 3.63) is 59.9 Å². The molecule has 2 heterocycles. The topological polar surface area (TPSA) is 62.5 Å². The van der Waals surface area contributed by atoms with Gasteiger partial charge >= 0.3 is 0 Å². The first-order valence-corrected chi connectivity index (χ1v) is 7.49. The number of benzene rings is 1. The van der Waals surface area contributed by atoms with Crippen molar-refractivity contribution in [3.63, 3.8) is 0 Å². The van der Waals surface area contributed by atoms with E-state index >= 15 is 0 Å². The van der Waals surface area contributed by atoms with Crippen LogP contribution < -0.4 is 5.73 Å². The van der Waals surface area contributed by atoms with Crippen LogP contribution in [-0.2, 0) is 6.54 Å². The molecule has 1 fully saturated rings. The molecule has 0 spiro atoms. The van der Waals surface area contributed by atoms with Crippen molar-refractivity contribution in [2.45, 2.75) is 6.54 Å². The number of amides is 1. The summed E-state index contributed by atoms with van der Waals surface area (Å²) in [6, 6.07) is 13.8. The maximum absolute atomic E-state index is 12.4. The van der Waals surface area contributed by atoms with Gasteiger partial charge in [-0.3, -0.25) is 9.69 Å². The zero-order valence-electron chi connectivity index (χ0n) is 12.5. The summed E-state index contributed by atoms with van der Waals surface area (Å²) in [6.07, 6.45) is 1.53. The highest BCUT2D eigenvalue weighted by Crippen LogP contribution is 2.11. The van der Waals surface area contributed by atoms with E-state index in [1.807, 2.05) is 11.0 Å². The van der Waals surface area contributed by atoms with Crippen LogP contribution in [0.1, 0.15) is 16.1 Å². The minimum atomic E-state index is -0.0145. The van der Waals surface area contributed by atoms with E-state index in [1.54, 1.807) is 12.1 Å². The summed E-state index contributed by atoms with van der Waals surface area (Å²) in [5.74, 6) is -0.0145. The fourth-order valence-electron chi connectivity index (χ4n) is 2.64. The van der Waals surface area contributed by atoms with Crippen molar-refractivity contribution < 1.29 is 4.79 Å². The van der Waals surface area contributed by atoms with Gasteiger partial charge in [0.1, 0.15) is 5.69 Å². The largest absolute Gasteiger partial charge is 0.397 e. The lowest BCUT2D eigenvalue weighted by atomic mass is 10.2. The number of nitrogens with zero attached hydrogens (tertiary/aromatic N) is 3. The predicted octanol–water partition coefficient (Wildman–Crippen LogP) is 1.62. The van der Waals surface area contributed by atoms with Crippen molar-refractivity contribution in [3.8, 4) is 0 Å². The smallest absolute Gasteiger partial charge is 0.272 e. The molecule has 0 unspecified atom stereocenters. The zero-order chi connectivity index (χ0) is 15.4. The number of anilines is 1. The van der Waals surface area contributed by atoms with Crippen LogP contribution in [-0.4, -0.2) is 46.9 Å². The lowest BCUT2D eigenvalue weighted by Crippen LogP contribution is -2.48. The monoisotopic (exact) mass is 296 g/mol. The Balaban J connectivity index is 1.55. The van der Waals surface area contributed by atoms with Crippen LogP contribution in [0.4, 0.5) is 5.69 Å². The van der Waals surface area contributed by atoms with Crippen LogP contribution in [0.25, 0.3) is 0 Å². The van der Waals surface area contributed by atoms with E-state index in [4.69, 9.17) is 5.73 Å². The third-order valence-corrected chi connectivity index (χ3v) is 3.91. The molecule has 2 N–H and O–H groups in total. The molecule has 2 aromatic rings. The minimum Gasteiger partial charge on any atom is -0.397 e. The third kappa shape index (κ3) is 3.43. The quantitative estimate of drug-likeness (QED) is 0.935. The number of rotatable bonds is 3. The molecule has 0 saturated carbocycles. The number of nitrogen functional groups attached to an aromatic ring is 1. The molecule has 1 amide bonds. The standard InChI is InChI=1S/C17H20N4O/c18-15-6-7-16(19-12-15)17(22)21-10-8-20(9-11-21)13-14-4-2-1-3-5-14/h1-7,12H,8-11,13,18H2. The molecule has 0 atom stereocenters. The van der Waals surface area contributed by atoms with Crippen LogP contribution >= 0.6 is 0 Å². The fraction of sp³-hybridized carbons (Fsp3) is 0.294. The SMILES string of the molecule is Nc1ccc(C(=O)N2CCN(Cc3ccccc3)CC2)nc1. The molecule has 22 heavy (non-hydrogen) atoms. The molecule has 1 aliphatic rings. The summed E-state index contributed by atoms with van der Waals surface area (Å²) in [5.41, 5.74) is 7.95. The summed E-state index contributed by atoms with van der Waals surface area (Å²) < 4.78 is 0. The summed E-state index contributed by atoms with van der Waals surface area (Å²) in [7, 11) is 0. The second kappa shape index (κ2) is 6.58. The van der Waals surface area contributed by atoms with Crippen molar-refractivity contribution in [2.75, 3.05) is 31.9 Å². The maximum atomic E-state index is 12.4. The van der Waals surface area contributed by atoms with E-state index in [2.05, 4.69) is 34.1 Å². The summed E-state index contributed by atoms with van der Waals surface area (Å²) in [4.78, 5) is 20.7. The molecule has 1 aliphatic heterocycles. The van der Waals surface area contributed by atoms with Crippen LogP contribution in [0.5, 0.6) is 0 Å². The lowest BCUT2D eigenvalue weighted by Gasteiger charge is -2.34. The number of aromatic nitrogens is 1. The first-order valence-electron chi connectivity index (χ1n) is 7.49. The van der Waals surface area contributed by atoms with E-state index in [0.717, 1.165) is 32.7 Å². The molecule has 1 saturated heterocycles. The number of piperazine rings is 1. The Morgan fingerprint density at radius 1 is 1.05 bits per heavy atom. The van der Waals surface area contributed by atoms with Gasteiger partial charge in [0.15, 0.2) is 0 Å². The molecule has 114 valence electrons. The molecule has 5 heteroatoms. The summed E-state index contributed by atoms with van der Waals surface area (Å²) >= 11 is 0. The molecule has 0 aliphatic carbocycles. The highest BCUT2D eigenvalue weighted by molar-refractivity contribution is 5.92. The first kappa shape index (κ1) is 14.5. The average molecular weight is 296 g/mol. The average Bonchev–Trinajstić information content (AvgIpc) is 2.57. The number of carbonyl (C=O) groups is 1. The second-order valence-electron chi connectivity index (χ2n) is 5.53. The van der Waals surface area contributed by atoms with Crippen molar-refractivity contribution in [2.24, 2.45) is 0 Å². The number of nitrogens with two attached hydrogens (primary N) is 1. The van der Waals surface area contributed by atoms with Gasteiger partial charge in [-0.2, -0.15) is 0 Å². The Morgan fingerprint density at radius 3 is 2.41 bits per heavy atom. The number of pyridine rings is 1. The number of hydrogen-bond acceptors (Lipinski definition) is 4. The van der Waals surface area contributed by atoms with E-state index in [1.165, 1.54) is 11.8 Å². The molecule has 3 rings (SSSR count). The van der Waals surface area contributed by atoms with Crippen LogP contribution in [0, 0.1) is 0 Å². The molecule has 5 nitrogen and oxygen atoms in total. The number of hydrogen-bond donors (Lipinski definition) is 1. The second-order valence-corrected chi connectivity index (χ2v) is 5.53. The Hall–Kier alpha value is -2.40. The first-order chi connectivity index (χ1) is 10.7. The molecule has 0 radical (unpaired) electrons. The highest BCUT2D eigenvalue weighted by atomic mass is 16.2. The molecule has 1 aromatic heterocycles. The summed E-state index contributed by atoms with van der Waals surface area (Å²) in [6.45, 7) is 4.17. The minimum absolute atomic E-state index is 0.0145. The highest BCUT2D eigenvalue weighted by Gasteiger charge is 2.22. The fourth-order valence-corrected chi connectivity index (χ4v) is 2.64. The molecule has 0 bridgehead atoms. The van der Waals surface area contributed by atoms with Crippen molar-refractivity contribution >= 4 is 11.6 Å². The van der Waals surface area contributed by atoms with Crippen LogP contribution in [0.3, 0.4) is 0 Å². The van der Waals surface area contributed by atoms with Gasteiger partial charge in [0.25, 0.3) is 5.91 Å². The third-order valence-electron chi connectivity index (χ3n) is 3.91. The van der Waals surface area contributed by atoms with E-state index in [-0.39, 0.29) is 5.91 Å². The number of carbonyl (C=O) groups excluding carboxylic acids is 1. The Labute approximate surface area is 130 Å². The van der Waals surface area contributed by atoms with Gasteiger partial charge in [-0.1, -0.05) is 30.3 Å². The van der Waals surface area contributed by atoms with Gasteiger partial charge in [-0.05, 0) is 17.7 Å². The molecular weight excluding hydrogens is 276 g/mol. The van der Waals surface area contributed by atoms with E-state index in [0.29, 0.717) is 11.4 Å². The summed E-state index contributed by atoms with van der Waals surface area (Å²) in [5, 5.41) is 0. The van der Waals surface area contributed by atoms with Crippen molar-refractivity contribution in [1.82, 2.24) is 14.8 Å². The van der Waals surface area contributed by atoms with E-state index in [9.17, 15) is 4.79 Å². The molecular formula is C17H20N4O. The Bertz CT molecular complexity index is 619.